The molecule has 0 rings (SSSR count). The zero-order valence-corrected chi connectivity index (χ0v) is 40.0. The lowest BCUT2D eigenvalue weighted by molar-refractivity contribution is -0.124. The van der Waals surface area contributed by atoms with Crippen LogP contribution in [0.2, 0.25) is 0 Å². The minimum Gasteiger partial charge on any atom is -0.393 e. The Hall–Kier alpha value is -1.32. The second kappa shape index (κ2) is 45.7. The fourth-order valence-electron chi connectivity index (χ4n) is 7.44. The summed E-state index contributed by atoms with van der Waals surface area (Å²) in [6.07, 6.45) is 52.4. The standard InChI is InChI=1S/C50H97N2O7P/c1-3-5-7-9-11-13-15-17-19-21-22-23-24-26-28-30-32-34-36-38-40-42-49(54)48(46-59-60(56,57)58-44-43-51)52-50(55)45-47(53)41-39-37-35-33-31-29-27-25-20-18-16-14-12-10-8-6-4-2/h24,26,32,34,40,42,47-49,53-54H,3-23,25,27-31,33,35-39,41,43-46,51H2,1-2H3,(H,52,55)(H,56,57)/b26-24+,34-32+,42-40+. The number of hydrogen-bond donors (Lipinski definition) is 5. The van der Waals surface area contributed by atoms with Crippen molar-refractivity contribution in [3.63, 3.8) is 0 Å². The summed E-state index contributed by atoms with van der Waals surface area (Å²) < 4.78 is 22.1. The van der Waals surface area contributed by atoms with Crippen LogP contribution in [0.25, 0.3) is 0 Å². The Bertz CT molecular complexity index is 1060. The lowest BCUT2D eigenvalue weighted by atomic mass is 10.0. The molecule has 0 saturated heterocycles. The van der Waals surface area contributed by atoms with Gasteiger partial charge in [0.15, 0.2) is 0 Å². The summed E-state index contributed by atoms with van der Waals surface area (Å²) in [4.78, 5) is 22.8. The summed E-state index contributed by atoms with van der Waals surface area (Å²) >= 11 is 0. The molecule has 1 amide bonds. The van der Waals surface area contributed by atoms with E-state index in [1.807, 2.05) is 6.08 Å². The number of unbranched alkanes of at least 4 members (excludes halogenated alkanes) is 29. The molecule has 0 spiro atoms. The molecule has 0 aromatic carbocycles. The number of nitrogens with two attached hydrogens (primary N) is 1. The maximum Gasteiger partial charge on any atom is 0.472 e. The maximum absolute atomic E-state index is 12.9. The van der Waals surface area contributed by atoms with E-state index >= 15 is 0 Å². The van der Waals surface area contributed by atoms with E-state index in [0.717, 1.165) is 44.9 Å². The third-order valence-corrected chi connectivity index (χ3v) is 12.2. The third-order valence-electron chi connectivity index (χ3n) is 11.3. The van der Waals surface area contributed by atoms with E-state index in [9.17, 15) is 24.5 Å². The van der Waals surface area contributed by atoms with E-state index in [4.69, 9.17) is 14.8 Å². The summed E-state index contributed by atoms with van der Waals surface area (Å²) in [6.45, 7) is 3.97. The Morgan fingerprint density at radius 3 is 1.38 bits per heavy atom. The molecular formula is C50H97N2O7P. The number of phosphoric ester groups is 1. The van der Waals surface area contributed by atoms with Gasteiger partial charge in [-0.15, -0.1) is 0 Å². The number of nitrogens with one attached hydrogen (secondary N) is 1. The minimum absolute atomic E-state index is 0.0430. The van der Waals surface area contributed by atoms with Crippen molar-refractivity contribution in [1.29, 1.82) is 0 Å². The summed E-state index contributed by atoms with van der Waals surface area (Å²) in [5.41, 5.74) is 5.38. The minimum atomic E-state index is -4.41. The average Bonchev–Trinajstić information content (AvgIpc) is 3.23. The normalized spacial score (nSPS) is 14.7. The Balaban J connectivity index is 4.28. The van der Waals surface area contributed by atoms with Crippen LogP contribution in [0.3, 0.4) is 0 Å². The first-order chi connectivity index (χ1) is 29.3. The zero-order valence-electron chi connectivity index (χ0n) is 39.1. The first-order valence-corrected chi connectivity index (χ1v) is 26.7. The molecule has 0 bridgehead atoms. The number of amides is 1. The number of aliphatic hydroxyl groups is 2. The van der Waals surface area contributed by atoms with Gasteiger partial charge in [0.25, 0.3) is 0 Å². The van der Waals surface area contributed by atoms with Crippen LogP contribution >= 0.6 is 7.82 Å². The van der Waals surface area contributed by atoms with E-state index in [-0.39, 0.29) is 19.6 Å². The molecule has 0 heterocycles. The van der Waals surface area contributed by atoms with E-state index in [2.05, 4.69) is 43.5 Å². The molecule has 0 aliphatic carbocycles. The van der Waals surface area contributed by atoms with Crippen molar-refractivity contribution >= 4 is 13.7 Å². The van der Waals surface area contributed by atoms with Crippen molar-refractivity contribution in [2.24, 2.45) is 5.73 Å². The number of aliphatic hydroxyl groups excluding tert-OH is 2. The van der Waals surface area contributed by atoms with Crippen LogP contribution in [0.4, 0.5) is 0 Å². The molecule has 0 fully saturated rings. The summed E-state index contributed by atoms with van der Waals surface area (Å²) in [6, 6.07) is -1.00. The lowest BCUT2D eigenvalue weighted by Gasteiger charge is -2.24. The summed E-state index contributed by atoms with van der Waals surface area (Å²) in [5, 5.41) is 24.1. The van der Waals surface area contributed by atoms with Gasteiger partial charge >= 0.3 is 7.82 Å². The Morgan fingerprint density at radius 1 is 0.567 bits per heavy atom. The number of carbonyl (C=O) groups excluding carboxylic acids is 1. The van der Waals surface area contributed by atoms with E-state index < -0.39 is 38.6 Å². The van der Waals surface area contributed by atoms with Gasteiger partial charge in [0.05, 0.1) is 37.9 Å². The lowest BCUT2D eigenvalue weighted by Crippen LogP contribution is -2.46. The number of phosphoric acid groups is 1. The molecule has 0 aliphatic rings. The van der Waals surface area contributed by atoms with E-state index in [0.29, 0.717) is 12.8 Å². The SMILES string of the molecule is CCCCCCCCCCCCC/C=C/CC/C=C/CC/C=C/C(O)C(COP(=O)(O)OCCN)NC(=O)CC(O)CCCCCCCCCCCCCCCCCCC. The number of hydrogen-bond acceptors (Lipinski definition) is 7. The molecule has 0 aromatic rings. The van der Waals surface area contributed by atoms with Crippen LogP contribution in [0.15, 0.2) is 36.5 Å². The predicted octanol–water partition coefficient (Wildman–Crippen LogP) is 13.6. The molecule has 354 valence electrons. The van der Waals surface area contributed by atoms with Crippen molar-refractivity contribution < 1.29 is 33.5 Å². The molecule has 60 heavy (non-hydrogen) atoms. The van der Waals surface area contributed by atoms with Crippen LogP contribution in [-0.4, -0.2) is 59.0 Å². The van der Waals surface area contributed by atoms with Crippen molar-refractivity contribution in [2.45, 2.75) is 257 Å². The molecule has 0 radical (unpaired) electrons. The van der Waals surface area contributed by atoms with Gasteiger partial charge in [-0.1, -0.05) is 224 Å². The fraction of sp³-hybridized carbons (Fsp3) is 0.860. The second-order valence-electron chi connectivity index (χ2n) is 17.2. The van der Waals surface area contributed by atoms with Crippen LogP contribution < -0.4 is 11.1 Å². The molecule has 4 atom stereocenters. The van der Waals surface area contributed by atoms with Crippen molar-refractivity contribution in [1.82, 2.24) is 5.32 Å². The highest BCUT2D eigenvalue weighted by Crippen LogP contribution is 2.43. The third kappa shape index (κ3) is 43.3. The Labute approximate surface area is 370 Å². The maximum atomic E-state index is 12.9. The van der Waals surface area contributed by atoms with E-state index in [1.165, 1.54) is 161 Å². The molecule has 10 heteroatoms. The number of allylic oxidation sites excluding steroid dienone is 5. The van der Waals surface area contributed by atoms with Crippen molar-refractivity contribution in [3.05, 3.63) is 36.5 Å². The first-order valence-electron chi connectivity index (χ1n) is 25.2. The monoisotopic (exact) mass is 869 g/mol. The van der Waals surface area contributed by atoms with Gasteiger partial charge < -0.3 is 26.2 Å². The summed E-state index contributed by atoms with van der Waals surface area (Å²) in [7, 11) is -4.41. The highest BCUT2D eigenvalue weighted by molar-refractivity contribution is 7.47. The highest BCUT2D eigenvalue weighted by Gasteiger charge is 2.27. The van der Waals surface area contributed by atoms with Gasteiger partial charge in [-0.2, -0.15) is 0 Å². The summed E-state index contributed by atoms with van der Waals surface area (Å²) in [5.74, 6) is -0.457. The largest absolute Gasteiger partial charge is 0.472 e. The number of rotatable bonds is 47. The van der Waals surface area contributed by atoms with Gasteiger partial charge in [0, 0.05) is 6.54 Å². The first kappa shape index (κ1) is 58.7. The fourth-order valence-corrected chi connectivity index (χ4v) is 8.20. The van der Waals surface area contributed by atoms with E-state index in [1.54, 1.807) is 6.08 Å². The molecular weight excluding hydrogens is 772 g/mol. The predicted molar refractivity (Wildman–Crippen MR) is 255 cm³/mol. The molecule has 0 saturated carbocycles. The topological polar surface area (TPSA) is 151 Å². The number of carbonyl (C=O) groups is 1. The van der Waals surface area contributed by atoms with Gasteiger partial charge in [-0.25, -0.2) is 4.57 Å². The van der Waals surface area contributed by atoms with Crippen molar-refractivity contribution in [2.75, 3.05) is 19.8 Å². The molecule has 4 unspecified atom stereocenters. The van der Waals surface area contributed by atoms with Gasteiger partial charge in [-0.05, 0) is 44.9 Å². The second-order valence-corrected chi connectivity index (χ2v) is 18.7. The quantitative estimate of drug-likeness (QED) is 0.0230. The van der Waals surface area contributed by atoms with Gasteiger partial charge in [0.1, 0.15) is 0 Å². The highest BCUT2D eigenvalue weighted by atomic mass is 31.2. The van der Waals surface area contributed by atoms with Crippen LogP contribution in [-0.2, 0) is 18.4 Å². The molecule has 0 aliphatic heterocycles. The van der Waals surface area contributed by atoms with Crippen LogP contribution in [0, 0.1) is 0 Å². The Morgan fingerprint density at radius 2 is 0.950 bits per heavy atom. The van der Waals surface area contributed by atoms with Crippen LogP contribution in [0.5, 0.6) is 0 Å². The molecule has 6 N–H and O–H groups in total. The van der Waals surface area contributed by atoms with Gasteiger partial charge in [-0.3, -0.25) is 13.8 Å². The Kier molecular flexibility index (Phi) is 44.7. The van der Waals surface area contributed by atoms with Crippen LogP contribution in [0.1, 0.15) is 239 Å². The van der Waals surface area contributed by atoms with Crippen molar-refractivity contribution in [3.8, 4) is 0 Å². The smallest absolute Gasteiger partial charge is 0.393 e. The van der Waals surface area contributed by atoms with Gasteiger partial charge in [0.2, 0.25) is 5.91 Å². The average molecular weight is 869 g/mol. The molecule has 0 aromatic heterocycles. The molecule has 9 nitrogen and oxygen atoms in total. The zero-order chi connectivity index (χ0) is 44.0.